The van der Waals surface area contributed by atoms with Crippen LogP contribution in [-0.4, -0.2) is 18.5 Å². The van der Waals surface area contributed by atoms with Crippen molar-refractivity contribution in [2.75, 3.05) is 0 Å². The highest BCUT2D eigenvalue weighted by atomic mass is 32.2. The topological polar surface area (TPSA) is 85.7 Å². The first-order valence-corrected chi connectivity index (χ1v) is 8.74. The van der Waals surface area contributed by atoms with Crippen molar-refractivity contribution in [1.82, 2.24) is 4.98 Å². The first-order chi connectivity index (χ1) is 12.4. The summed E-state index contributed by atoms with van der Waals surface area (Å²) in [4.78, 5) is 1.98. The van der Waals surface area contributed by atoms with E-state index in [-0.39, 0.29) is 22.1 Å². The summed E-state index contributed by atoms with van der Waals surface area (Å²) in [6, 6.07) is 11.0. The SMILES string of the molecule is O=S(=O)(c1ccccc1)c1c(F)c(F)nc2c1Oc1cccc(O)c1O2. The third-order valence-electron chi connectivity index (χ3n) is 3.67. The summed E-state index contributed by atoms with van der Waals surface area (Å²) in [6.07, 6.45) is 0. The standard InChI is InChI=1S/C17H9F2NO5S/c18-12-15(26(22,23)9-5-2-1-3-6-9)14-17(20-16(12)19)25-13-10(21)7-4-8-11(13)24-14/h1-8,21H. The number of hydrogen-bond acceptors (Lipinski definition) is 6. The molecule has 2 aromatic carbocycles. The number of rotatable bonds is 2. The van der Waals surface area contributed by atoms with Crippen LogP contribution in [0.25, 0.3) is 0 Å². The Morgan fingerprint density at radius 2 is 1.65 bits per heavy atom. The largest absolute Gasteiger partial charge is 0.504 e. The Bertz CT molecular complexity index is 1130. The lowest BCUT2D eigenvalue weighted by Gasteiger charge is -2.22. The lowest BCUT2D eigenvalue weighted by molar-refractivity contribution is 0.305. The average molecular weight is 377 g/mol. The maximum absolute atomic E-state index is 14.4. The van der Waals surface area contributed by atoms with E-state index in [4.69, 9.17) is 9.47 Å². The minimum absolute atomic E-state index is 0.0604. The smallest absolute Gasteiger partial charge is 0.267 e. The molecule has 0 atom stereocenters. The first kappa shape index (κ1) is 16.3. The second kappa shape index (κ2) is 5.67. The third-order valence-corrected chi connectivity index (χ3v) is 5.47. The number of ether oxygens (including phenoxy) is 2. The van der Waals surface area contributed by atoms with Crippen LogP contribution in [0.5, 0.6) is 28.9 Å². The van der Waals surface area contributed by atoms with E-state index in [2.05, 4.69) is 4.98 Å². The van der Waals surface area contributed by atoms with Gasteiger partial charge in [-0.2, -0.15) is 9.37 Å². The van der Waals surface area contributed by atoms with E-state index >= 15 is 0 Å². The Morgan fingerprint density at radius 1 is 0.923 bits per heavy atom. The van der Waals surface area contributed by atoms with E-state index in [1.54, 1.807) is 6.07 Å². The van der Waals surface area contributed by atoms with E-state index in [1.807, 2.05) is 0 Å². The van der Waals surface area contributed by atoms with Crippen LogP contribution in [0.15, 0.2) is 58.3 Å². The molecule has 9 heteroatoms. The van der Waals surface area contributed by atoms with Crippen molar-refractivity contribution < 1.29 is 31.8 Å². The molecule has 1 aliphatic rings. The second-order valence-electron chi connectivity index (χ2n) is 5.31. The number of benzene rings is 2. The van der Waals surface area contributed by atoms with E-state index in [9.17, 15) is 22.3 Å². The maximum Gasteiger partial charge on any atom is 0.267 e. The number of aromatic nitrogens is 1. The lowest BCUT2D eigenvalue weighted by atomic mass is 10.2. The lowest BCUT2D eigenvalue weighted by Crippen LogP contribution is -2.13. The average Bonchev–Trinajstić information content (AvgIpc) is 2.62. The molecule has 132 valence electrons. The van der Waals surface area contributed by atoms with Crippen molar-refractivity contribution >= 4 is 9.84 Å². The fraction of sp³-hybridized carbons (Fsp3) is 0. The van der Waals surface area contributed by atoms with Crippen LogP contribution < -0.4 is 9.47 Å². The van der Waals surface area contributed by atoms with Crippen molar-refractivity contribution in [3.8, 4) is 28.9 Å². The molecule has 2 heterocycles. The highest BCUT2D eigenvalue weighted by molar-refractivity contribution is 7.91. The fourth-order valence-electron chi connectivity index (χ4n) is 2.49. The van der Waals surface area contributed by atoms with E-state index in [0.29, 0.717) is 0 Å². The van der Waals surface area contributed by atoms with E-state index in [0.717, 1.165) is 0 Å². The monoisotopic (exact) mass is 377 g/mol. The highest BCUT2D eigenvalue weighted by Crippen LogP contribution is 2.51. The predicted octanol–water partition coefficient (Wildman–Crippen LogP) is 3.80. The second-order valence-corrected chi connectivity index (χ2v) is 7.19. The highest BCUT2D eigenvalue weighted by Gasteiger charge is 2.36. The van der Waals surface area contributed by atoms with Crippen molar-refractivity contribution in [3.05, 3.63) is 60.3 Å². The van der Waals surface area contributed by atoms with Gasteiger partial charge in [0.05, 0.1) is 4.90 Å². The molecule has 0 amide bonds. The van der Waals surface area contributed by atoms with Crippen molar-refractivity contribution in [1.29, 1.82) is 0 Å². The molecule has 0 bridgehead atoms. The number of fused-ring (bicyclic) bond motifs is 2. The summed E-state index contributed by atoms with van der Waals surface area (Å²) in [6.45, 7) is 0. The molecule has 0 unspecified atom stereocenters. The molecule has 1 aliphatic heterocycles. The third kappa shape index (κ3) is 2.36. The predicted molar refractivity (Wildman–Crippen MR) is 84.3 cm³/mol. The Morgan fingerprint density at radius 3 is 2.38 bits per heavy atom. The molecule has 26 heavy (non-hydrogen) atoms. The van der Waals surface area contributed by atoms with Crippen LogP contribution in [-0.2, 0) is 9.84 Å². The van der Waals surface area contributed by atoms with Crippen LogP contribution in [0.4, 0.5) is 8.78 Å². The molecule has 4 rings (SSSR count). The molecule has 1 aromatic heterocycles. The molecule has 6 nitrogen and oxygen atoms in total. The number of pyridine rings is 1. The number of aromatic hydroxyl groups is 1. The number of phenolic OH excluding ortho intramolecular Hbond substituents is 1. The molecular formula is C17H9F2NO5S. The van der Waals surface area contributed by atoms with Crippen LogP contribution in [0.2, 0.25) is 0 Å². The first-order valence-electron chi connectivity index (χ1n) is 7.26. The molecule has 3 aromatic rings. The molecule has 0 saturated heterocycles. The Hall–Kier alpha value is -3.20. The van der Waals surface area contributed by atoms with E-state index < -0.39 is 38.1 Å². The molecule has 0 aliphatic carbocycles. The summed E-state index contributed by atoms with van der Waals surface area (Å²) in [5, 5.41) is 9.79. The molecule has 0 fully saturated rings. The van der Waals surface area contributed by atoms with Crippen LogP contribution in [0.3, 0.4) is 0 Å². The van der Waals surface area contributed by atoms with Gasteiger partial charge in [0, 0.05) is 0 Å². The van der Waals surface area contributed by atoms with E-state index in [1.165, 1.54) is 42.5 Å². The van der Waals surface area contributed by atoms with Crippen molar-refractivity contribution in [3.63, 3.8) is 0 Å². The number of sulfone groups is 1. The fourth-order valence-corrected chi connectivity index (χ4v) is 3.93. The van der Waals surface area contributed by atoms with Gasteiger partial charge in [-0.05, 0) is 24.3 Å². The molecule has 1 N–H and O–H groups in total. The number of para-hydroxylation sites is 1. The van der Waals surface area contributed by atoms with Crippen LogP contribution in [0.1, 0.15) is 0 Å². The van der Waals surface area contributed by atoms with Gasteiger partial charge in [0.2, 0.25) is 27.2 Å². The number of halogens is 2. The van der Waals surface area contributed by atoms with Gasteiger partial charge in [0.1, 0.15) is 0 Å². The summed E-state index contributed by atoms with van der Waals surface area (Å²) < 4.78 is 64.7. The van der Waals surface area contributed by atoms with Gasteiger partial charge < -0.3 is 14.6 Å². The van der Waals surface area contributed by atoms with Crippen molar-refractivity contribution in [2.24, 2.45) is 0 Å². The van der Waals surface area contributed by atoms with Gasteiger partial charge in [0.25, 0.3) is 11.8 Å². The number of hydrogen-bond donors (Lipinski definition) is 1. The van der Waals surface area contributed by atoms with Crippen molar-refractivity contribution in [2.45, 2.75) is 9.79 Å². The quantitative estimate of drug-likeness (QED) is 0.535. The van der Waals surface area contributed by atoms with Gasteiger partial charge >= 0.3 is 0 Å². The molecule has 0 saturated carbocycles. The van der Waals surface area contributed by atoms with Gasteiger partial charge in [-0.3, -0.25) is 0 Å². The summed E-state index contributed by atoms with van der Waals surface area (Å²) in [5.74, 6) is -5.11. The maximum atomic E-state index is 14.4. The summed E-state index contributed by atoms with van der Waals surface area (Å²) in [7, 11) is -4.47. The summed E-state index contributed by atoms with van der Waals surface area (Å²) in [5.41, 5.74) is 0. The zero-order valence-corrected chi connectivity index (χ0v) is 13.6. The number of nitrogens with zero attached hydrogens (tertiary/aromatic N) is 1. The van der Waals surface area contributed by atoms with Gasteiger partial charge in [-0.1, -0.05) is 24.3 Å². The van der Waals surface area contributed by atoms with Crippen LogP contribution >= 0.6 is 0 Å². The zero-order chi connectivity index (χ0) is 18.5. The molecular weight excluding hydrogens is 368 g/mol. The minimum atomic E-state index is -4.47. The molecule has 0 spiro atoms. The summed E-state index contributed by atoms with van der Waals surface area (Å²) >= 11 is 0. The van der Waals surface area contributed by atoms with Gasteiger partial charge in [0.15, 0.2) is 16.4 Å². The minimum Gasteiger partial charge on any atom is -0.504 e. The van der Waals surface area contributed by atoms with Gasteiger partial charge in [-0.25, -0.2) is 12.8 Å². The van der Waals surface area contributed by atoms with Crippen LogP contribution in [0, 0.1) is 11.8 Å². The zero-order valence-electron chi connectivity index (χ0n) is 12.8. The Kier molecular flexibility index (Phi) is 3.55. The Labute approximate surface area is 146 Å². The normalized spacial score (nSPS) is 12.5. The van der Waals surface area contributed by atoms with Gasteiger partial charge in [-0.15, -0.1) is 0 Å². The number of phenols is 1. The Balaban J connectivity index is 1.98. The molecule has 0 radical (unpaired) electrons.